The SMILES string of the molecule is NC(=O)N/N=C\c1ccc(OCc2ccccc2)c(Cl)c1. The first kappa shape index (κ1) is 14.9. The van der Waals surface area contributed by atoms with E-state index < -0.39 is 6.03 Å². The summed E-state index contributed by atoms with van der Waals surface area (Å²) in [7, 11) is 0. The lowest BCUT2D eigenvalue weighted by molar-refractivity contribution is 0.249. The molecule has 21 heavy (non-hydrogen) atoms. The molecule has 108 valence electrons. The van der Waals surface area contributed by atoms with Gasteiger partial charge in [0.15, 0.2) is 0 Å². The maximum Gasteiger partial charge on any atom is 0.332 e. The summed E-state index contributed by atoms with van der Waals surface area (Å²) in [6.45, 7) is 0.442. The Kier molecular flexibility index (Phi) is 5.17. The second-order valence-electron chi connectivity index (χ2n) is 4.20. The highest BCUT2D eigenvalue weighted by Gasteiger charge is 2.03. The van der Waals surface area contributed by atoms with E-state index in [-0.39, 0.29) is 0 Å². The molecule has 0 atom stereocenters. The van der Waals surface area contributed by atoms with Crippen LogP contribution in [-0.4, -0.2) is 12.2 Å². The Morgan fingerprint density at radius 1 is 1.29 bits per heavy atom. The lowest BCUT2D eigenvalue weighted by Crippen LogP contribution is -2.24. The third-order valence-corrected chi connectivity index (χ3v) is 2.88. The summed E-state index contributed by atoms with van der Waals surface area (Å²) in [6.07, 6.45) is 1.44. The highest BCUT2D eigenvalue weighted by atomic mass is 35.5. The van der Waals surface area contributed by atoms with Crippen molar-refractivity contribution in [2.24, 2.45) is 10.8 Å². The zero-order chi connectivity index (χ0) is 15.1. The summed E-state index contributed by atoms with van der Waals surface area (Å²) in [5.74, 6) is 0.584. The van der Waals surface area contributed by atoms with E-state index in [0.717, 1.165) is 11.1 Å². The fourth-order valence-corrected chi connectivity index (χ4v) is 1.86. The number of hydrazone groups is 1. The molecule has 2 aromatic carbocycles. The highest BCUT2D eigenvalue weighted by molar-refractivity contribution is 6.32. The predicted molar refractivity (Wildman–Crippen MR) is 82.5 cm³/mol. The number of carbonyl (C=O) groups excluding carboxylic acids is 1. The van der Waals surface area contributed by atoms with Crippen LogP contribution in [0.5, 0.6) is 5.75 Å². The second-order valence-corrected chi connectivity index (χ2v) is 4.61. The lowest BCUT2D eigenvalue weighted by Gasteiger charge is -2.08. The van der Waals surface area contributed by atoms with Crippen LogP contribution in [0.3, 0.4) is 0 Å². The number of primary amides is 1. The van der Waals surface area contributed by atoms with Gasteiger partial charge in [-0.2, -0.15) is 5.10 Å². The first-order chi connectivity index (χ1) is 10.1. The van der Waals surface area contributed by atoms with Crippen LogP contribution in [0.25, 0.3) is 0 Å². The molecule has 0 saturated carbocycles. The smallest absolute Gasteiger partial charge is 0.332 e. The molecule has 0 heterocycles. The lowest BCUT2D eigenvalue weighted by atomic mass is 10.2. The van der Waals surface area contributed by atoms with Gasteiger partial charge in [0.2, 0.25) is 0 Å². The molecule has 0 aliphatic carbocycles. The molecule has 6 heteroatoms. The number of nitrogens with one attached hydrogen (secondary N) is 1. The minimum Gasteiger partial charge on any atom is -0.487 e. The Morgan fingerprint density at radius 3 is 2.71 bits per heavy atom. The Labute approximate surface area is 127 Å². The summed E-state index contributed by atoms with van der Waals surface area (Å²) < 4.78 is 5.65. The Morgan fingerprint density at radius 2 is 2.05 bits per heavy atom. The van der Waals surface area contributed by atoms with Gasteiger partial charge in [-0.05, 0) is 29.3 Å². The first-order valence-corrected chi connectivity index (χ1v) is 6.58. The van der Waals surface area contributed by atoms with Gasteiger partial charge >= 0.3 is 6.03 Å². The van der Waals surface area contributed by atoms with Crippen LogP contribution in [0.1, 0.15) is 11.1 Å². The number of hydrogen-bond donors (Lipinski definition) is 2. The third kappa shape index (κ3) is 4.81. The topological polar surface area (TPSA) is 76.7 Å². The number of amides is 2. The monoisotopic (exact) mass is 303 g/mol. The number of rotatable bonds is 5. The van der Waals surface area contributed by atoms with Gasteiger partial charge in [-0.25, -0.2) is 10.2 Å². The van der Waals surface area contributed by atoms with Crippen molar-refractivity contribution in [3.8, 4) is 5.75 Å². The molecule has 5 nitrogen and oxygen atoms in total. The molecule has 0 aliphatic heterocycles. The van der Waals surface area contributed by atoms with Gasteiger partial charge in [0, 0.05) is 0 Å². The van der Waals surface area contributed by atoms with Crippen LogP contribution in [0, 0.1) is 0 Å². The molecule has 0 aromatic heterocycles. The van der Waals surface area contributed by atoms with Crippen molar-refractivity contribution in [1.82, 2.24) is 5.43 Å². The van der Waals surface area contributed by atoms with Crippen LogP contribution in [0.4, 0.5) is 4.79 Å². The molecule has 0 saturated heterocycles. The molecule has 0 aliphatic rings. The van der Waals surface area contributed by atoms with Crippen molar-refractivity contribution in [2.75, 3.05) is 0 Å². The van der Waals surface area contributed by atoms with E-state index in [1.165, 1.54) is 6.21 Å². The Hall–Kier alpha value is -2.53. The van der Waals surface area contributed by atoms with Crippen molar-refractivity contribution in [3.05, 3.63) is 64.7 Å². The average molecular weight is 304 g/mol. The molecule has 2 rings (SSSR count). The maximum absolute atomic E-state index is 10.5. The number of benzene rings is 2. The van der Waals surface area contributed by atoms with Crippen molar-refractivity contribution in [2.45, 2.75) is 6.61 Å². The molecule has 0 spiro atoms. The molecule has 0 unspecified atom stereocenters. The van der Waals surface area contributed by atoms with Crippen LogP contribution < -0.4 is 15.9 Å². The number of urea groups is 1. The van der Waals surface area contributed by atoms with E-state index in [2.05, 4.69) is 10.5 Å². The van der Waals surface area contributed by atoms with Gasteiger partial charge in [-0.15, -0.1) is 0 Å². The number of hydrogen-bond acceptors (Lipinski definition) is 3. The van der Waals surface area contributed by atoms with Crippen LogP contribution >= 0.6 is 11.6 Å². The van der Waals surface area contributed by atoms with Crippen molar-refractivity contribution in [1.29, 1.82) is 0 Å². The van der Waals surface area contributed by atoms with Crippen LogP contribution in [0.2, 0.25) is 5.02 Å². The van der Waals surface area contributed by atoms with E-state index >= 15 is 0 Å². The van der Waals surface area contributed by atoms with Crippen molar-refractivity contribution < 1.29 is 9.53 Å². The summed E-state index contributed by atoms with van der Waals surface area (Å²) in [4.78, 5) is 10.5. The van der Waals surface area contributed by atoms with Gasteiger partial charge in [-0.1, -0.05) is 41.9 Å². The molecule has 2 amide bonds. The van der Waals surface area contributed by atoms with E-state index in [1.807, 2.05) is 30.3 Å². The Bertz CT molecular complexity index is 645. The number of halogens is 1. The fraction of sp³-hybridized carbons (Fsp3) is 0.0667. The number of carbonyl (C=O) groups is 1. The zero-order valence-corrected chi connectivity index (χ0v) is 11.9. The summed E-state index contributed by atoms with van der Waals surface area (Å²) in [5.41, 5.74) is 8.79. The standard InChI is InChI=1S/C15H14ClN3O2/c16-13-8-12(9-18-19-15(17)20)6-7-14(13)21-10-11-4-2-1-3-5-11/h1-9H,10H2,(H3,17,19,20)/b18-9-. The van der Waals surface area contributed by atoms with Gasteiger partial charge < -0.3 is 10.5 Å². The summed E-state index contributed by atoms with van der Waals surface area (Å²) in [5, 5.41) is 4.12. The quantitative estimate of drug-likeness (QED) is 0.658. The summed E-state index contributed by atoms with van der Waals surface area (Å²) in [6, 6.07) is 14.3. The normalized spacial score (nSPS) is 10.5. The van der Waals surface area contributed by atoms with Gasteiger partial charge in [-0.3, -0.25) is 0 Å². The highest BCUT2D eigenvalue weighted by Crippen LogP contribution is 2.25. The maximum atomic E-state index is 10.5. The average Bonchev–Trinajstić information content (AvgIpc) is 2.47. The molecule has 0 radical (unpaired) electrons. The summed E-state index contributed by atoms with van der Waals surface area (Å²) >= 11 is 6.14. The second kappa shape index (κ2) is 7.31. The number of nitrogens with two attached hydrogens (primary N) is 1. The van der Waals surface area contributed by atoms with Crippen LogP contribution in [0.15, 0.2) is 53.6 Å². The minimum atomic E-state index is -0.722. The van der Waals surface area contributed by atoms with Gasteiger partial charge in [0.1, 0.15) is 12.4 Å². The van der Waals surface area contributed by atoms with Crippen LogP contribution in [-0.2, 0) is 6.61 Å². The molecule has 2 aromatic rings. The van der Waals surface area contributed by atoms with Gasteiger partial charge in [0.05, 0.1) is 11.2 Å². The van der Waals surface area contributed by atoms with Crippen molar-refractivity contribution >= 4 is 23.8 Å². The predicted octanol–water partition coefficient (Wildman–Crippen LogP) is 2.92. The zero-order valence-electron chi connectivity index (χ0n) is 11.1. The molecular weight excluding hydrogens is 290 g/mol. The van der Waals surface area contributed by atoms with E-state index in [9.17, 15) is 4.79 Å². The van der Waals surface area contributed by atoms with E-state index in [0.29, 0.717) is 17.4 Å². The molecular formula is C15H14ClN3O2. The first-order valence-electron chi connectivity index (χ1n) is 6.20. The fourth-order valence-electron chi connectivity index (χ4n) is 1.62. The third-order valence-electron chi connectivity index (χ3n) is 2.58. The largest absolute Gasteiger partial charge is 0.487 e. The molecule has 3 N–H and O–H groups in total. The number of nitrogens with zero attached hydrogens (tertiary/aromatic N) is 1. The molecule has 0 bridgehead atoms. The minimum absolute atomic E-state index is 0.442. The van der Waals surface area contributed by atoms with Crippen molar-refractivity contribution in [3.63, 3.8) is 0 Å². The van der Waals surface area contributed by atoms with E-state index in [4.69, 9.17) is 22.1 Å². The van der Waals surface area contributed by atoms with Gasteiger partial charge in [0.25, 0.3) is 0 Å². The number of ether oxygens (including phenoxy) is 1. The Balaban J connectivity index is 1.99. The van der Waals surface area contributed by atoms with E-state index in [1.54, 1.807) is 18.2 Å². The molecule has 0 fully saturated rings.